The standard InChI is InChI=1S/C19H29N5O4S.HI/c1-3-28-19(25)23-11-8-16(9-12-23)22-18(20-10-13-29-2)21-14-15-4-6-17(7-5-15)24(26)27;/h4-7,16H,3,8-14H2,1-2H3,(H2,20,21,22);1H. The van der Waals surface area contributed by atoms with E-state index in [-0.39, 0.29) is 41.8 Å². The van der Waals surface area contributed by atoms with Crippen LogP contribution in [0.25, 0.3) is 0 Å². The maximum Gasteiger partial charge on any atom is 0.409 e. The first kappa shape index (κ1) is 26.3. The van der Waals surface area contributed by atoms with Crippen molar-refractivity contribution >= 4 is 53.5 Å². The summed E-state index contributed by atoms with van der Waals surface area (Å²) in [5, 5.41) is 17.5. The van der Waals surface area contributed by atoms with Gasteiger partial charge in [0.05, 0.1) is 18.1 Å². The lowest BCUT2D eigenvalue weighted by Gasteiger charge is -2.32. The van der Waals surface area contributed by atoms with Crippen molar-refractivity contribution in [3.05, 3.63) is 39.9 Å². The zero-order chi connectivity index (χ0) is 21.1. The van der Waals surface area contributed by atoms with Gasteiger partial charge in [0.25, 0.3) is 5.69 Å². The van der Waals surface area contributed by atoms with Crippen LogP contribution in [0.4, 0.5) is 10.5 Å². The number of nitro benzene ring substituents is 1. The van der Waals surface area contributed by atoms with Crippen LogP contribution in [0.1, 0.15) is 25.3 Å². The molecule has 2 N–H and O–H groups in total. The summed E-state index contributed by atoms with van der Waals surface area (Å²) in [5.74, 6) is 1.67. The molecule has 0 spiro atoms. The van der Waals surface area contributed by atoms with Gasteiger partial charge in [0.2, 0.25) is 0 Å². The number of rotatable bonds is 8. The number of carbonyl (C=O) groups is 1. The van der Waals surface area contributed by atoms with Crippen LogP contribution in [0.3, 0.4) is 0 Å². The van der Waals surface area contributed by atoms with E-state index >= 15 is 0 Å². The number of hydrogen-bond donors (Lipinski definition) is 2. The van der Waals surface area contributed by atoms with Gasteiger partial charge in [0, 0.05) is 43.6 Å². The smallest absolute Gasteiger partial charge is 0.409 e. The predicted molar refractivity (Wildman–Crippen MR) is 131 cm³/mol. The summed E-state index contributed by atoms with van der Waals surface area (Å²) >= 11 is 1.75. The third-order valence-corrected chi connectivity index (χ3v) is 5.14. The predicted octanol–water partition coefficient (Wildman–Crippen LogP) is 3.23. The quantitative estimate of drug-likeness (QED) is 0.128. The summed E-state index contributed by atoms with van der Waals surface area (Å²) in [5.41, 5.74) is 0.973. The first-order valence-electron chi connectivity index (χ1n) is 9.72. The molecule has 30 heavy (non-hydrogen) atoms. The second-order valence-corrected chi connectivity index (χ2v) is 7.60. The maximum atomic E-state index is 11.8. The summed E-state index contributed by atoms with van der Waals surface area (Å²) in [6.07, 6.45) is 3.43. The van der Waals surface area contributed by atoms with Crippen molar-refractivity contribution in [1.82, 2.24) is 15.5 Å². The molecule has 1 aromatic rings. The minimum atomic E-state index is -0.410. The number of benzene rings is 1. The molecule has 0 radical (unpaired) electrons. The van der Waals surface area contributed by atoms with Crippen molar-refractivity contribution < 1.29 is 14.5 Å². The van der Waals surface area contributed by atoms with Crippen molar-refractivity contribution in [1.29, 1.82) is 0 Å². The van der Waals surface area contributed by atoms with Crippen LogP contribution < -0.4 is 10.6 Å². The van der Waals surface area contributed by atoms with Crippen LogP contribution in [-0.2, 0) is 11.3 Å². The lowest BCUT2D eigenvalue weighted by molar-refractivity contribution is -0.384. The van der Waals surface area contributed by atoms with Crippen molar-refractivity contribution in [2.24, 2.45) is 4.99 Å². The van der Waals surface area contributed by atoms with Crippen molar-refractivity contribution in [3.63, 3.8) is 0 Å². The van der Waals surface area contributed by atoms with E-state index in [0.29, 0.717) is 32.2 Å². The minimum Gasteiger partial charge on any atom is -0.450 e. The number of amides is 1. The number of thioether (sulfide) groups is 1. The number of nitrogens with zero attached hydrogens (tertiary/aromatic N) is 3. The van der Waals surface area contributed by atoms with E-state index in [1.165, 1.54) is 12.1 Å². The number of carbonyl (C=O) groups excluding carboxylic acids is 1. The Labute approximate surface area is 198 Å². The number of hydrogen-bond acceptors (Lipinski definition) is 6. The van der Waals surface area contributed by atoms with Gasteiger partial charge in [0.15, 0.2) is 5.96 Å². The molecule has 0 bridgehead atoms. The molecule has 1 saturated heterocycles. The number of non-ortho nitro benzene ring substituents is 1. The highest BCUT2D eigenvalue weighted by atomic mass is 127. The summed E-state index contributed by atoms with van der Waals surface area (Å²) in [4.78, 5) is 28.6. The van der Waals surface area contributed by atoms with E-state index in [2.05, 4.69) is 15.6 Å². The fourth-order valence-corrected chi connectivity index (χ4v) is 3.24. The Morgan fingerprint density at radius 3 is 2.57 bits per heavy atom. The third-order valence-electron chi connectivity index (χ3n) is 4.53. The molecule has 0 saturated carbocycles. The average molecular weight is 551 g/mol. The highest BCUT2D eigenvalue weighted by Crippen LogP contribution is 2.13. The Morgan fingerprint density at radius 1 is 1.33 bits per heavy atom. The van der Waals surface area contributed by atoms with Gasteiger partial charge in [-0.15, -0.1) is 24.0 Å². The highest BCUT2D eigenvalue weighted by Gasteiger charge is 2.24. The molecule has 1 fully saturated rings. The maximum absolute atomic E-state index is 11.8. The number of aliphatic imine (C=N–C) groups is 1. The molecular formula is C19H30IN5O4S. The molecule has 0 aromatic heterocycles. The summed E-state index contributed by atoms with van der Waals surface area (Å²) in [7, 11) is 0. The Bertz CT molecular complexity index is 697. The Kier molecular flexibility index (Phi) is 12.5. The minimum absolute atomic E-state index is 0. The Balaban J connectivity index is 0.00000450. The number of piperidine rings is 1. The average Bonchev–Trinajstić information content (AvgIpc) is 2.73. The molecule has 0 aliphatic carbocycles. The molecule has 1 aromatic carbocycles. The van der Waals surface area contributed by atoms with Crippen LogP contribution in [0, 0.1) is 10.1 Å². The second-order valence-electron chi connectivity index (χ2n) is 6.61. The van der Waals surface area contributed by atoms with Gasteiger partial charge in [-0.25, -0.2) is 9.79 Å². The summed E-state index contributed by atoms with van der Waals surface area (Å²) < 4.78 is 5.06. The van der Waals surface area contributed by atoms with Crippen LogP contribution in [-0.4, -0.2) is 66.2 Å². The molecule has 2 rings (SSSR count). The van der Waals surface area contributed by atoms with Crippen molar-refractivity contribution in [2.75, 3.05) is 38.2 Å². The molecule has 168 valence electrons. The molecule has 11 heteroatoms. The van der Waals surface area contributed by atoms with Crippen LogP contribution in [0.5, 0.6) is 0 Å². The number of guanidine groups is 1. The topological polar surface area (TPSA) is 109 Å². The van der Waals surface area contributed by atoms with E-state index in [9.17, 15) is 14.9 Å². The first-order valence-corrected chi connectivity index (χ1v) is 11.1. The van der Waals surface area contributed by atoms with E-state index in [4.69, 9.17) is 4.74 Å². The normalized spacial score (nSPS) is 14.6. The van der Waals surface area contributed by atoms with Crippen LogP contribution in [0.15, 0.2) is 29.3 Å². The lowest BCUT2D eigenvalue weighted by atomic mass is 10.1. The van der Waals surface area contributed by atoms with Gasteiger partial charge in [-0.2, -0.15) is 11.8 Å². The molecule has 1 aliphatic rings. The van der Waals surface area contributed by atoms with Crippen LogP contribution >= 0.6 is 35.7 Å². The summed E-state index contributed by atoms with van der Waals surface area (Å²) in [6, 6.07) is 6.64. The van der Waals surface area contributed by atoms with Crippen molar-refractivity contribution in [3.8, 4) is 0 Å². The van der Waals surface area contributed by atoms with Gasteiger partial charge >= 0.3 is 6.09 Å². The first-order chi connectivity index (χ1) is 14.0. The summed E-state index contributed by atoms with van der Waals surface area (Å²) in [6.45, 7) is 4.70. The van der Waals surface area contributed by atoms with Gasteiger partial charge < -0.3 is 20.3 Å². The Hall–Kier alpha value is -1.76. The van der Waals surface area contributed by atoms with E-state index in [1.807, 2.05) is 6.26 Å². The number of halogens is 1. The molecular weight excluding hydrogens is 521 g/mol. The molecule has 1 amide bonds. The van der Waals surface area contributed by atoms with Gasteiger partial charge in [-0.05, 0) is 31.6 Å². The zero-order valence-corrected chi connectivity index (χ0v) is 20.5. The van der Waals surface area contributed by atoms with Gasteiger partial charge in [-0.1, -0.05) is 12.1 Å². The van der Waals surface area contributed by atoms with Gasteiger partial charge in [0.1, 0.15) is 0 Å². The molecule has 0 unspecified atom stereocenters. The van der Waals surface area contributed by atoms with Crippen LogP contribution in [0.2, 0.25) is 0 Å². The number of ether oxygens (including phenoxy) is 1. The van der Waals surface area contributed by atoms with Gasteiger partial charge in [-0.3, -0.25) is 10.1 Å². The van der Waals surface area contributed by atoms with E-state index in [0.717, 1.165) is 30.7 Å². The fraction of sp³-hybridized carbons (Fsp3) is 0.579. The fourth-order valence-electron chi connectivity index (χ4n) is 2.93. The highest BCUT2D eigenvalue weighted by molar-refractivity contribution is 14.0. The monoisotopic (exact) mass is 551 g/mol. The molecule has 9 nitrogen and oxygen atoms in total. The second kappa shape index (κ2) is 14.3. The SMILES string of the molecule is CCOC(=O)N1CCC(NC(=NCc2ccc([N+](=O)[O-])cc2)NCCSC)CC1.I. The van der Waals surface area contributed by atoms with E-state index < -0.39 is 4.92 Å². The Morgan fingerprint density at radius 2 is 2.00 bits per heavy atom. The number of nitrogens with one attached hydrogen (secondary N) is 2. The molecule has 0 atom stereocenters. The zero-order valence-electron chi connectivity index (χ0n) is 17.3. The van der Waals surface area contributed by atoms with E-state index in [1.54, 1.807) is 35.7 Å². The molecule has 1 aliphatic heterocycles. The largest absolute Gasteiger partial charge is 0.450 e. The number of likely N-dealkylation sites (tertiary alicyclic amines) is 1. The third kappa shape index (κ3) is 8.94. The molecule has 1 heterocycles. The lowest BCUT2D eigenvalue weighted by Crippen LogP contribution is -2.50. The number of nitro groups is 1. The van der Waals surface area contributed by atoms with Crippen molar-refractivity contribution in [2.45, 2.75) is 32.4 Å².